The van der Waals surface area contributed by atoms with Crippen LogP contribution in [0.4, 0.5) is 6.01 Å². The fourth-order valence-electron chi connectivity index (χ4n) is 2.28. The number of carboxylic acids is 1. The van der Waals surface area contributed by atoms with Gasteiger partial charge in [-0.25, -0.2) is 4.79 Å². The summed E-state index contributed by atoms with van der Waals surface area (Å²) in [6.45, 7) is 0.513. The topological polar surface area (TPSA) is 105 Å². The molecule has 114 valence electrons. The minimum absolute atomic E-state index is 0.167. The first-order valence-corrected chi connectivity index (χ1v) is 6.77. The molecule has 0 bridgehead atoms. The van der Waals surface area contributed by atoms with Crippen LogP contribution in [-0.4, -0.2) is 32.9 Å². The molecule has 0 amide bonds. The molecule has 1 aliphatic heterocycles. The summed E-state index contributed by atoms with van der Waals surface area (Å²) in [5.41, 5.74) is 1.45. The number of hydrogen-bond acceptors (Lipinski definition) is 7. The predicted octanol–water partition coefficient (Wildman–Crippen LogP) is 0.461. The standard InChI is InChI=1S/C15H10N4O4/c20-14(21)10-3-1-2-9(6-10)13-17-15(23-18-13)19-5-4-12-11(8-19)7-16-22-12/h1-4,6-8H,5H2,(H,20,21). The largest absolute Gasteiger partial charge is 0.478 e. The van der Waals surface area contributed by atoms with Gasteiger partial charge in [-0.2, -0.15) is 4.98 Å². The molecule has 1 aliphatic rings. The van der Waals surface area contributed by atoms with Crippen molar-refractivity contribution in [1.82, 2.24) is 15.3 Å². The second-order valence-electron chi connectivity index (χ2n) is 4.92. The lowest BCUT2D eigenvalue weighted by Gasteiger charge is -2.13. The molecule has 23 heavy (non-hydrogen) atoms. The third kappa shape index (κ3) is 2.35. The van der Waals surface area contributed by atoms with Crippen molar-refractivity contribution in [2.75, 3.05) is 11.4 Å². The van der Waals surface area contributed by atoms with Gasteiger partial charge >= 0.3 is 12.0 Å². The Morgan fingerprint density at radius 1 is 1.30 bits per heavy atom. The minimum atomic E-state index is -1.01. The third-order valence-electron chi connectivity index (χ3n) is 3.42. The summed E-state index contributed by atoms with van der Waals surface area (Å²) in [7, 11) is 0. The van der Waals surface area contributed by atoms with Crippen molar-refractivity contribution in [1.29, 1.82) is 0 Å². The monoisotopic (exact) mass is 310 g/mol. The van der Waals surface area contributed by atoms with E-state index in [0.29, 0.717) is 29.4 Å². The lowest BCUT2D eigenvalue weighted by molar-refractivity contribution is 0.0697. The number of hydrogen-bond donors (Lipinski definition) is 1. The molecule has 1 aromatic carbocycles. The molecule has 0 radical (unpaired) electrons. The number of benzene rings is 1. The molecular formula is C15H10N4O4. The maximum atomic E-state index is 11.0. The van der Waals surface area contributed by atoms with Gasteiger partial charge in [0.05, 0.1) is 17.0 Å². The van der Waals surface area contributed by atoms with Crippen molar-refractivity contribution in [2.24, 2.45) is 0 Å². The van der Waals surface area contributed by atoms with E-state index in [1.807, 2.05) is 6.08 Å². The number of carbonyl (C=O) groups is 1. The Bertz CT molecular complexity index is 1000. The van der Waals surface area contributed by atoms with Crippen molar-refractivity contribution in [3.63, 3.8) is 0 Å². The number of aromatic nitrogens is 3. The van der Waals surface area contributed by atoms with Gasteiger partial charge in [-0.1, -0.05) is 22.4 Å². The average molecular weight is 310 g/mol. The highest BCUT2D eigenvalue weighted by Crippen LogP contribution is 2.21. The van der Waals surface area contributed by atoms with Crippen LogP contribution in [0.1, 0.15) is 10.4 Å². The van der Waals surface area contributed by atoms with Crippen molar-refractivity contribution in [3.05, 3.63) is 46.7 Å². The van der Waals surface area contributed by atoms with Crippen LogP contribution in [0.3, 0.4) is 0 Å². The van der Waals surface area contributed by atoms with Gasteiger partial charge in [-0.05, 0) is 18.2 Å². The molecule has 3 heterocycles. The van der Waals surface area contributed by atoms with Crippen LogP contribution in [0.25, 0.3) is 23.7 Å². The predicted molar refractivity (Wildman–Crippen MR) is 78.7 cm³/mol. The van der Waals surface area contributed by atoms with E-state index in [2.05, 4.69) is 15.3 Å². The van der Waals surface area contributed by atoms with Crippen LogP contribution >= 0.6 is 0 Å². The minimum Gasteiger partial charge on any atom is -0.478 e. The van der Waals surface area contributed by atoms with E-state index in [4.69, 9.17) is 14.2 Å². The molecule has 0 saturated heterocycles. The zero-order chi connectivity index (χ0) is 15.8. The number of fused-ring (bicyclic) bond motifs is 1. The normalized spacial score (nSPS) is 13.1. The summed E-state index contributed by atoms with van der Waals surface area (Å²) >= 11 is 0. The molecular weight excluding hydrogens is 300 g/mol. The van der Waals surface area contributed by atoms with E-state index >= 15 is 0 Å². The zero-order valence-corrected chi connectivity index (χ0v) is 11.7. The smallest absolute Gasteiger partial charge is 0.335 e. The van der Waals surface area contributed by atoms with E-state index in [9.17, 15) is 4.79 Å². The van der Waals surface area contributed by atoms with Crippen LogP contribution in [-0.2, 0) is 0 Å². The summed E-state index contributed by atoms with van der Waals surface area (Å²) in [5, 5.41) is 17.5. The lowest BCUT2D eigenvalue weighted by Crippen LogP contribution is -2.33. The molecule has 0 spiro atoms. The first-order chi connectivity index (χ1) is 11.2. The number of carboxylic acid groups (broad SMARTS) is 1. The summed E-state index contributed by atoms with van der Waals surface area (Å²) < 4.78 is 10.3. The number of nitrogens with zero attached hydrogens (tertiary/aromatic N) is 4. The van der Waals surface area contributed by atoms with Crippen LogP contribution in [0.15, 0.2) is 39.5 Å². The molecule has 0 saturated carbocycles. The van der Waals surface area contributed by atoms with E-state index in [1.165, 1.54) is 12.1 Å². The summed E-state index contributed by atoms with van der Waals surface area (Å²) in [4.78, 5) is 17.1. The first kappa shape index (κ1) is 13.3. The van der Waals surface area contributed by atoms with Crippen molar-refractivity contribution in [3.8, 4) is 11.4 Å². The van der Waals surface area contributed by atoms with Crippen molar-refractivity contribution >= 4 is 24.3 Å². The van der Waals surface area contributed by atoms with E-state index in [0.717, 1.165) is 5.22 Å². The second-order valence-corrected chi connectivity index (χ2v) is 4.92. The Balaban J connectivity index is 1.67. The Morgan fingerprint density at radius 3 is 3.09 bits per heavy atom. The molecule has 0 fully saturated rings. The van der Waals surface area contributed by atoms with Gasteiger partial charge in [-0.15, -0.1) is 0 Å². The third-order valence-corrected chi connectivity index (χ3v) is 3.42. The van der Waals surface area contributed by atoms with Gasteiger partial charge in [0.25, 0.3) is 0 Å². The fourth-order valence-corrected chi connectivity index (χ4v) is 2.28. The summed E-state index contributed by atoms with van der Waals surface area (Å²) in [6, 6.07) is 6.68. The quantitative estimate of drug-likeness (QED) is 0.744. The Morgan fingerprint density at radius 2 is 2.22 bits per heavy atom. The fraction of sp³-hybridized carbons (Fsp3) is 0.0667. The summed E-state index contributed by atoms with van der Waals surface area (Å²) in [5.74, 6) is -0.679. The highest BCUT2D eigenvalue weighted by atomic mass is 16.5. The van der Waals surface area contributed by atoms with Gasteiger partial charge in [0.15, 0.2) is 5.42 Å². The summed E-state index contributed by atoms with van der Waals surface area (Å²) in [6.07, 6.45) is 5.26. The van der Waals surface area contributed by atoms with Gasteiger partial charge in [0.1, 0.15) is 0 Å². The zero-order valence-electron chi connectivity index (χ0n) is 11.7. The SMILES string of the molecule is O=C(O)c1cccc(-c2noc(N3C=c4cnoc4=CC3)n2)c1. The van der Waals surface area contributed by atoms with Crippen molar-refractivity contribution < 1.29 is 18.9 Å². The van der Waals surface area contributed by atoms with Crippen molar-refractivity contribution in [2.45, 2.75) is 0 Å². The van der Waals surface area contributed by atoms with E-state index < -0.39 is 5.97 Å². The van der Waals surface area contributed by atoms with Gasteiger partial charge < -0.3 is 14.2 Å². The molecule has 2 aromatic heterocycles. The lowest BCUT2D eigenvalue weighted by atomic mass is 10.1. The second kappa shape index (κ2) is 5.09. The highest BCUT2D eigenvalue weighted by Gasteiger charge is 2.16. The molecule has 3 aromatic rings. The Kier molecular flexibility index (Phi) is 2.94. The molecule has 1 N–H and O–H groups in total. The molecule has 0 atom stereocenters. The molecule has 4 rings (SSSR count). The van der Waals surface area contributed by atoms with Gasteiger partial charge in [0.2, 0.25) is 5.82 Å². The van der Waals surface area contributed by atoms with Crippen LogP contribution in [0.5, 0.6) is 0 Å². The Labute approximate surface area is 128 Å². The van der Waals surface area contributed by atoms with Crippen LogP contribution < -0.4 is 15.5 Å². The van der Waals surface area contributed by atoms with Gasteiger partial charge in [-0.3, -0.25) is 4.90 Å². The number of rotatable bonds is 3. The van der Waals surface area contributed by atoms with Crippen LogP contribution in [0, 0.1) is 0 Å². The maximum Gasteiger partial charge on any atom is 0.335 e. The molecule has 8 nitrogen and oxygen atoms in total. The molecule has 8 heteroatoms. The number of anilines is 1. The maximum absolute atomic E-state index is 11.0. The van der Waals surface area contributed by atoms with Gasteiger partial charge in [0, 0.05) is 18.3 Å². The van der Waals surface area contributed by atoms with E-state index in [-0.39, 0.29) is 5.56 Å². The molecule has 0 unspecified atom stereocenters. The van der Waals surface area contributed by atoms with E-state index in [1.54, 1.807) is 29.4 Å². The highest BCUT2D eigenvalue weighted by molar-refractivity contribution is 5.89. The molecule has 0 aliphatic carbocycles. The number of aromatic carboxylic acids is 1. The first-order valence-electron chi connectivity index (χ1n) is 6.77. The average Bonchev–Trinajstić information content (AvgIpc) is 3.23. The Hall–Kier alpha value is -3.42. The van der Waals surface area contributed by atoms with Crippen LogP contribution in [0.2, 0.25) is 0 Å².